The van der Waals surface area contributed by atoms with Gasteiger partial charge in [-0.25, -0.2) is 8.78 Å². The number of aromatic nitrogens is 1. The molecule has 0 bridgehead atoms. The first-order valence-electron chi connectivity index (χ1n) is 7.54. The fourth-order valence-corrected chi connectivity index (χ4v) is 2.43. The van der Waals surface area contributed by atoms with Crippen LogP contribution in [0.3, 0.4) is 0 Å². The third kappa shape index (κ3) is 3.80. The lowest BCUT2D eigenvalue weighted by molar-refractivity contribution is -0.112. The van der Waals surface area contributed by atoms with Crippen molar-refractivity contribution in [3.63, 3.8) is 0 Å². The molecule has 0 saturated carbocycles. The summed E-state index contributed by atoms with van der Waals surface area (Å²) in [5.74, 6) is -3.39. The zero-order chi connectivity index (χ0) is 17.8. The van der Waals surface area contributed by atoms with Crippen molar-refractivity contribution in [3.8, 4) is 0 Å². The third-order valence-corrected chi connectivity index (χ3v) is 3.64. The van der Waals surface area contributed by atoms with Crippen LogP contribution in [-0.2, 0) is 11.3 Å². The molecule has 0 spiro atoms. The van der Waals surface area contributed by atoms with E-state index in [0.29, 0.717) is 6.54 Å². The zero-order valence-electron chi connectivity index (χ0n) is 13.1. The van der Waals surface area contributed by atoms with Gasteiger partial charge < -0.3 is 9.88 Å². The molecule has 25 heavy (non-hydrogen) atoms. The van der Waals surface area contributed by atoms with Crippen molar-refractivity contribution >= 4 is 17.4 Å². The van der Waals surface area contributed by atoms with Crippen molar-refractivity contribution in [2.45, 2.75) is 6.54 Å². The van der Waals surface area contributed by atoms with Gasteiger partial charge in [-0.3, -0.25) is 9.59 Å². The number of carbonyl (C=O) groups excluding carboxylic acids is 2. The second kappa shape index (κ2) is 7.09. The Morgan fingerprint density at radius 3 is 2.48 bits per heavy atom. The number of nitrogens with zero attached hydrogens (tertiary/aromatic N) is 1. The van der Waals surface area contributed by atoms with E-state index in [1.54, 1.807) is 16.8 Å². The fraction of sp³-hybridized carbons (Fsp3) is 0.0526. The number of benzene rings is 2. The Bertz CT molecular complexity index is 920. The van der Waals surface area contributed by atoms with Crippen LogP contribution < -0.4 is 5.32 Å². The maximum atomic E-state index is 13.6. The van der Waals surface area contributed by atoms with Crippen LogP contribution in [0, 0.1) is 11.6 Å². The third-order valence-electron chi connectivity index (χ3n) is 3.64. The Kier molecular flexibility index (Phi) is 4.70. The average Bonchev–Trinajstić information content (AvgIpc) is 3.06. The van der Waals surface area contributed by atoms with E-state index < -0.39 is 23.3 Å². The molecule has 0 aliphatic heterocycles. The normalized spacial score (nSPS) is 10.5. The summed E-state index contributed by atoms with van der Waals surface area (Å²) < 4.78 is 28.4. The molecule has 0 saturated heterocycles. The van der Waals surface area contributed by atoms with Gasteiger partial charge >= 0.3 is 0 Å². The SMILES string of the molecule is O=C(Nc1cc(F)ccc1F)C(=O)c1cccn1Cc1ccccc1. The van der Waals surface area contributed by atoms with Gasteiger partial charge in [0.2, 0.25) is 0 Å². The van der Waals surface area contributed by atoms with Gasteiger partial charge in [-0.1, -0.05) is 30.3 Å². The van der Waals surface area contributed by atoms with E-state index in [1.807, 2.05) is 30.3 Å². The Hall–Kier alpha value is -3.28. The van der Waals surface area contributed by atoms with Gasteiger partial charge in [0, 0.05) is 18.8 Å². The van der Waals surface area contributed by atoms with E-state index in [0.717, 1.165) is 23.8 Å². The second-order valence-electron chi connectivity index (χ2n) is 5.41. The number of Topliss-reactive ketones (excluding diaryl/α,β-unsaturated/α-hetero) is 1. The van der Waals surface area contributed by atoms with Crippen molar-refractivity contribution in [2.75, 3.05) is 5.32 Å². The number of hydrogen-bond acceptors (Lipinski definition) is 2. The summed E-state index contributed by atoms with van der Waals surface area (Å²) in [6.07, 6.45) is 1.68. The molecule has 1 heterocycles. The van der Waals surface area contributed by atoms with E-state index in [4.69, 9.17) is 0 Å². The number of anilines is 1. The molecule has 0 unspecified atom stereocenters. The largest absolute Gasteiger partial charge is 0.340 e. The summed E-state index contributed by atoms with van der Waals surface area (Å²) in [7, 11) is 0. The van der Waals surface area contributed by atoms with Crippen LogP contribution in [0.5, 0.6) is 0 Å². The van der Waals surface area contributed by atoms with E-state index >= 15 is 0 Å². The first-order valence-corrected chi connectivity index (χ1v) is 7.54. The van der Waals surface area contributed by atoms with Crippen LogP contribution in [0.2, 0.25) is 0 Å². The molecule has 0 aliphatic carbocycles. The molecule has 2 aromatic carbocycles. The van der Waals surface area contributed by atoms with Crippen LogP contribution in [0.4, 0.5) is 14.5 Å². The lowest BCUT2D eigenvalue weighted by atomic mass is 10.2. The van der Waals surface area contributed by atoms with Crippen LogP contribution in [0.15, 0.2) is 66.9 Å². The first-order chi connectivity index (χ1) is 12.0. The molecule has 6 heteroatoms. The van der Waals surface area contributed by atoms with E-state index in [-0.39, 0.29) is 11.4 Å². The van der Waals surface area contributed by atoms with Crippen molar-refractivity contribution < 1.29 is 18.4 Å². The minimum atomic E-state index is -1.03. The summed E-state index contributed by atoms with van der Waals surface area (Å²) in [5.41, 5.74) is 0.752. The Morgan fingerprint density at radius 2 is 1.72 bits per heavy atom. The number of rotatable bonds is 5. The topological polar surface area (TPSA) is 51.1 Å². The molecule has 0 atom stereocenters. The predicted octanol–water partition coefficient (Wildman–Crippen LogP) is 3.64. The van der Waals surface area contributed by atoms with Gasteiger partial charge in [-0.2, -0.15) is 0 Å². The smallest absolute Gasteiger partial charge is 0.298 e. The van der Waals surface area contributed by atoms with Crippen molar-refractivity contribution in [3.05, 3.63) is 89.8 Å². The minimum Gasteiger partial charge on any atom is -0.340 e. The molecule has 1 amide bonds. The highest BCUT2D eigenvalue weighted by atomic mass is 19.1. The number of nitrogens with one attached hydrogen (secondary N) is 1. The minimum absolute atomic E-state index is 0.165. The quantitative estimate of drug-likeness (QED) is 0.569. The van der Waals surface area contributed by atoms with Crippen molar-refractivity contribution in [2.24, 2.45) is 0 Å². The number of ketones is 1. The van der Waals surface area contributed by atoms with Crippen LogP contribution in [0.1, 0.15) is 16.1 Å². The number of carbonyl (C=O) groups is 2. The second-order valence-corrected chi connectivity index (χ2v) is 5.41. The maximum Gasteiger partial charge on any atom is 0.298 e. The summed E-state index contributed by atoms with van der Waals surface area (Å²) in [6, 6.07) is 15.2. The van der Waals surface area contributed by atoms with Gasteiger partial charge in [-0.15, -0.1) is 0 Å². The molecule has 4 nitrogen and oxygen atoms in total. The Morgan fingerprint density at radius 1 is 0.960 bits per heavy atom. The van der Waals surface area contributed by atoms with E-state index in [1.165, 1.54) is 6.07 Å². The van der Waals surface area contributed by atoms with Crippen LogP contribution >= 0.6 is 0 Å². The van der Waals surface area contributed by atoms with Crippen LogP contribution in [0.25, 0.3) is 0 Å². The monoisotopic (exact) mass is 340 g/mol. The van der Waals surface area contributed by atoms with Crippen molar-refractivity contribution in [1.29, 1.82) is 0 Å². The molecule has 0 fully saturated rings. The summed E-state index contributed by atoms with van der Waals surface area (Å²) in [5, 5.41) is 2.11. The Labute approximate surface area is 142 Å². The number of amides is 1. The van der Waals surface area contributed by atoms with E-state index in [9.17, 15) is 18.4 Å². The van der Waals surface area contributed by atoms with Gasteiger partial charge in [0.05, 0.1) is 11.4 Å². The number of halogens is 2. The van der Waals surface area contributed by atoms with Gasteiger partial charge in [0.1, 0.15) is 11.6 Å². The molecule has 3 aromatic rings. The molecule has 1 aromatic heterocycles. The molecular formula is C19H14F2N2O2. The molecule has 0 radical (unpaired) electrons. The van der Waals surface area contributed by atoms with Crippen molar-refractivity contribution in [1.82, 2.24) is 4.57 Å². The standard InChI is InChI=1S/C19H14F2N2O2/c20-14-8-9-15(21)16(11-14)22-19(25)18(24)17-7-4-10-23(17)12-13-5-2-1-3-6-13/h1-11H,12H2,(H,22,25). The predicted molar refractivity (Wildman–Crippen MR) is 89.3 cm³/mol. The van der Waals surface area contributed by atoms with Gasteiger partial charge in [0.25, 0.3) is 11.7 Å². The lowest BCUT2D eigenvalue weighted by Gasteiger charge is -2.09. The molecule has 126 valence electrons. The van der Waals surface area contributed by atoms with Gasteiger partial charge in [-0.05, 0) is 29.8 Å². The first kappa shape index (κ1) is 16.6. The fourth-order valence-electron chi connectivity index (χ4n) is 2.43. The summed E-state index contributed by atoms with van der Waals surface area (Å²) in [6.45, 7) is 0.413. The highest BCUT2D eigenvalue weighted by Crippen LogP contribution is 2.16. The molecule has 1 N–H and O–H groups in total. The molecule has 3 rings (SSSR count). The summed E-state index contributed by atoms with van der Waals surface area (Å²) >= 11 is 0. The van der Waals surface area contributed by atoms with Crippen LogP contribution in [-0.4, -0.2) is 16.3 Å². The summed E-state index contributed by atoms with van der Waals surface area (Å²) in [4.78, 5) is 24.5. The van der Waals surface area contributed by atoms with Gasteiger partial charge in [0.15, 0.2) is 0 Å². The maximum absolute atomic E-state index is 13.6. The highest BCUT2D eigenvalue weighted by molar-refractivity contribution is 6.46. The Balaban J connectivity index is 1.78. The zero-order valence-corrected chi connectivity index (χ0v) is 13.1. The van der Waals surface area contributed by atoms with E-state index in [2.05, 4.69) is 5.32 Å². The lowest BCUT2D eigenvalue weighted by Crippen LogP contribution is -2.25. The molecular weight excluding hydrogens is 326 g/mol. The average molecular weight is 340 g/mol. The highest BCUT2D eigenvalue weighted by Gasteiger charge is 2.21. The number of hydrogen-bond donors (Lipinski definition) is 1. The molecule has 0 aliphatic rings.